The Labute approximate surface area is 148 Å². The summed E-state index contributed by atoms with van der Waals surface area (Å²) in [6.07, 6.45) is 4.99. The summed E-state index contributed by atoms with van der Waals surface area (Å²) in [6, 6.07) is 6.24. The normalized spacial score (nSPS) is 23.8. The first-order valence-electron chi connectivity index (χ1n) is 9.24. The Balaban J connectivity index is 1.81. The molecule has 3 rings (SSSR count). The zero-order chi connectivity index (χ0) is 17.9. The zero-order valence-corrected chi connectivity index (χ0v) is 14.8. The van der Waals surface area contributed by atoms with E-state index >= 15 is 0 Å². The monoisotopic (exact) mass is 347 g/mol. The van der Waals surface area contributed by atoms with Gasteiger partial charge in [-0.2, -0.15) is 0 Å². The lowest BCUT2D eigenvalue weighted by atomic mass is 9.74. The Bertz CT molecular complexity index is 626. The number of nitrogens with zero attached hydrogens (tertiary/aromatic N) is 1. The Hall–Kier alpha value is -1.91. The van der Waals surface area contributed by atoms with Crippen LogP contribution in [0.1, 0.15) is 44.6 Å². The van der Waals surface area contributed by atoms with Crippen molar-refractivity contribution in [2.75, 3.05) is 19.7 Å². The SMILES string of the molecule is CCOC(=O)C1(Cc2ccc(F)cc2)CCCN(C(=O)C2CCC2)C1. The van der Waals surface area contributed by atoms with Crippen molar-refractivity contribution in [3.63, 3.8) is 0 Å². The van der Waals surface area contributed by atoms with Gasteiger partial charge in [0, 0.05) is 19.0 Å². The van der Waals surface area contributed by atoms with E-state index in [1.165, 1.54) is 12.1 Å². The van der Waals surface area contributed by atoms with Crippen molar-refractivity contribution in [1.82, 2.24) is 4.90 Å². The molecule has 1 aliphatic heterocycles. The molecule has 1 aliphatic carbocycles. The lowest BCUT2D eigenvalue weighted by molar-refractivity contribution is -0.162. The lowest BCUT2D eigenvalue weighted by Gasteiger charge is -2.43. The molecule has 1 atom stereocenters. The first-order valence-corrected chi connectivity index (χ1v) is 9.24. The first-order chi connectivity index (χ1) is 12.0. The fraction of sp³-hybridized carbons (Fsp3) is 0.600. The summed E-state index contributed by atoms with van der Waals surface area (Å²) >= 11 is 0. The van der Waals surface area contributed by atoms with Gasteiger partial charge in [0.2, 0.25) is 5.91 Å². The maximum atomic E-state index is 13.2. The van der Waals surface area contributed by atoms with Crippen molar-refractivity contribution < 1.29 is 18.7 Å². The molecular formula is C20H26FNO3. The molecule has 4 nitrogen and oxygen atoms in total. The standard InChI is InChI=1S/C20H26FNO3/c1-2-25-19(24)20(13-15-7-9-17(21)10-8-15)11-4-12-22(14-20)18(23)16-5-3-6-16/h7-10,16H,2-6,11-14H2,1H3. The maximum absolute atomic E-state index is 13.2. The van der Waals surface area contributed by atoms with Crippen molar-refractivity contribution >= 4 is 11.9 Å². The van der Waals surface area contributed by atoms with Gasteiger partial charge in [-0.25, -0.2) is 4.39 Å². The number of benzene rings is 1. The number of amides is 1. The van der Waals surface area contributed by atoms with Crippen molar-refractivity contribution in [1.29, 1.82) is 0 Å². The van der Waals surface area contributed by atoms with Gasteiger partial charge < -0.3 is 9.64 Å². The van der Waals surface area contributed by atoms with Gasteiger partial charge >= 0.3 is 5.97 Å². The van der Waals surface area contributed by atoms with Gasteiger partial charge in [-0.1, -0.05) is 18.6 Å². The van der Waals surface area contributed by atoms with Gasteiger partial charge in [-0.05, 0) is 56.7 Å². The van der Waals surface area contributed by atoms with E-state index in [9.17, 15) is 14.0 Å². The van der Waals surface area contributed by atoms with E-state index in [-0.39, 0.29) is 23.6 Å². The van der Waals surface area contributed by atoms with E-state index in [4.69, 9.17) is 4.74 Å². The van der Waals surface area contributed by atoms with Crippen LogP contribution in [0.4, 0.5) is 4.39 Å². The molecule has 1 saturated heterocycles. The van der Waals surface area contributed by atoms with E-state index < -0.39 is 5.41 Å². The van der Waals surface area contributed by atoms with Crippen LogP contribution in [0.15, 0.2) is 24.3 Å². The molecule has 1 unspecified atom stereocenters. The molecule has 5 heteroatoms. The second-order valence-electron chi connectivity index (χ2n) is 7.30. The summed E-state index contributed by atoms with van der Waals surface area (Å²) in [4.78, 5) is 27.3. The fourth-order valence-corrected chi connectivity index (χ4v) is 3.89. The first kappa shape index (κ1) is 17.9. The molecule has 2 aliphatic rings. The molecule has 136 valence electrons. The van der Waals surface area contributed by atoms with E-state index in [0.29, 0.717) is 32.5 Å². The Kier molecular flexibility index (Phi) is 5.40. The lowest BCUT2D eigenvalue weighted by Crippen LogP contribution is -2.53. The third-order valence-corrected chi connectivity index (χ3v) is 5.51. The molecule has 1 amide bonds. The van der Waals surface area contributed by atoms with Gasteiger partial charge in [0.25, 0.3) is 0 Å². The second-order valence-corrected chi connectivity index (χ2v) is 7.30. The smallest absolute Gasteiger partial charge is 0.314 e. The van der Waals surface area contributed by atoms with Crippen molar-refractivity contribution in [2.45, 2.75) is 45.4 Å². The summed E-state index contributed by atoms with van der Waals surface area (Å²) < 4.78 is 18.6. The van der Waals surface area contributed by atoms with Crippen LogP contribution in [0.25, 0.3) is 0 Å². The third-order valence-electron chi connectivity index (χ3n) is 5.51. The number of carbonyl (C=O) groups excluding carboxylic acids is 2. The number of esters is 1. The average molecular weight is 347 g/mol. The van der Waals surface area contributed by atoms with Crippen molar-refractivity contribution in [3.8, 4) is 0 Å². The zero-order valence-electron chi connectivity index (χ0n) is 14.8. The highest BCUT2D eigenvalue weighted by Gasteiger charge is 2.45. The molecule has 0 spiro atoms. The molecule has 0 radical (unpaired) electrons. The molecule has 0 N–H and O–H groups in total. The summed E-state index contributed by atoms with van der Waals surface area (Å²) in [6.45, 7) is 3.22. The largest absolute Gasteiger partial charge is 0.466 e. The molecule has 0 aromatic heterocycles. The van der Waals surface area contributed by atoms with Crippen LogP contribution < -0.4 is 0 Å². The fourth-order valence-electron chi connectivity index (χ4n) is 3.89. The Morgan fingerprint density at radius 2 is 1.96 bits per heavy atom. The van der Waals surface area contributed by atoms with Gasteiger partial charge in [-0.15, -0.1) is 0 Å². The van der Waals surface area contributed by atoms with Crippen LogP contribution in [-0.2, 0) is 20.7 Å². The van der Waals surface area contributed by atoms with Gasteiger partial charge in [0.05, 0.1) is 12.0 Å². The number of carbonyl (C=O) groups is 2. The van der Waals surface area contributed by atoms with Crippen LogP contribution in [0.3, 0.4) is 0 Å². The molecule has 1 saturated carbocycles. The Morgan fingerprint density at radius 3 is 2.56 bits per heavy atom. The average Bonchev–Trinajstić information content (AvgIpc) is 2.56. The Morgan fingerprint density at radius 1 is 1.24 bits per heavy atom. The predicted molar refractivity (Wildman–Crippen MR) is 92.3 cm³/mol. The summed E-state index contributed by atoms with van der Waals surface area (Å²) in [5, 5.41) is 0. The van der Waals surface area contributed by atoms with E-state index in [1.54, 1.807) is 19.1 Å². The van der Waals surface area contributed by atoms with Gasteiger partial charge in [-0.3, -0.25) is 9.59 Å². The van der Waals surface area contributed by atoms with Crippen LogP contribution in [0, 0.1) is 17.2 Å². The quantitative estimate of drug-likeness (QED) is 0.768. The minimum atomic E-state index is -0.731. The number of likely N-dealkylation sites (tertiary alicyclic amines) is 1. The summed E-state index contributed by atoms with van der Waals surface area (Å²) in [5.41, 5.74) is 0.165. The molecule has 2 fully saturated rings. The topological polar surface area (TPSA) is 46.6 Å². The van der Waals surface area contributed by atoms with E-state index in [1.807, 2.05) is 4.90 Å². The van der Waals surface area contributed by atoms with E-state index in [2.05, 4.69) is 0 Å². The highest BCUT2D eigenvalue weighted by Crippen LogP contribution is 2.37. The third kappa shape index (κ3) is 3.86. The minimum absolute atomic E-state index is 0.129. The van der Waals surface area contributed by atoms with Gasteiger partial charge in [0.15, 0.2) is 0 Å². The number of rotatable bonds is 5. The molecular weight excluding hydrogens is 321 g/mol. The minimum Gasteiger partial charge on any atom is -0.466 e. The van der Waals surface area contributed by atoms with Crippen LogP contribution in [0.5, 0.6) is 0 Å². The number of ether oxygens (including phenoxy) is 1. The number of halogens is 1. The number of hydrogen-bond acceptors (Lipinski definition) is 3. The number of hydrogen-bond donors (Lipinski definition) is 0. The molecule has 1 aromatic carbocycles. The highest BCUT2D eigenvalue weighted by molar-refractivity contribution is 5.82. The highest BCUT2D eigenvalue weighted by atomic mass is 19.1. The molecule has 25 heavy (non-hydrogen) atoms. The van der Waals surface area contributed by atoms with Gasteiger partial charge in [0.1, 0.15) is 5.82 Å². The van der Waals surface area contributed by atoms with Crippen LogP contribution >= 0.6 is 0 Å². The van der Waals surface area contributed by atoms with Crippen molar-refractivity contribution in [3.05, 3.63) is 35.6 Å². The summed E-state index contributed by atoms with van der Waals surface area (Å²) in [5.74, 6) is -0.229. The molecule has 1 aromatic rings. The predicted octanol–water partition coefficient (Wildman–Crippen LogP) is 3.34. The molecule has 1 heterocycles. The number of piperidine rings is 1. The summed E-state index contributed by atoms with van der Waals surface area (Å²) in [7, 11) is 0. The van der Waals surface area contributed by atoms with Crippen molar-refractivity contribution in [2.24, 2.45) is 11.3 Å². The van der Waals surface area contributed by atoms with Crippen LogP contribution in [0.2, 0.25) is 0 Å². The van der Waals surface area contributed by atoms with Crippen LogP contribution in [-0.4, -0.2) is 36.5 Å². The van der Waals surface area contributed by atoms with E-state index in [0.717, 1.165) is 31.2 Å². The maximum Gasteiger partial charge on any atom is 0.314 e. The second kappa shape index (κ2) is 7.54. The molecule has 0 bridgehead atoms.